The van der Waals surface area contributed by atoms with Gasteiger partial charge in [0.2, 0.25) is 11.8 Å². The van der Waals surface area contributed by atoms with Crippen LogP contribution in [0, 0.1) is 11.3 Å². The number of nitrogens with one attached hydrogen (secondary N) is 2. The highest BCUT2D eigenvalue weighted by Gasteiger charge is 2.21. The molecule has 2 rings (SSSR count). The van der Waals surface area contributed by atoms with Gasteiger partial charge < -0.3 is 10.6 Å². The monoisotopic (exact) mass is 357 g/mol. The Morgan fingerprint density at radius 2 is 2.04 bits per heavy atom. The average molecular weight is 357 g/mol. The third-order valence-corrected chi connectivity index (χ3v) is 4.82. The zero-order valence-corrected chi connectivity index (χ0v) is 14.8. The summed E-state index contributed by atoms with van der Waals surface area (Å²) in [5, 5.41) is 18.1. The highest BCUT2D eigenvalue weighted by atomic mass is 32.2. The highest BCUT2D eigenvalue weighted by molar-refractivity contribution is 8.01. The number of hydrogen-bond donors (Lipinski definition) is 2. The molecule has 2 amide bonds. The van der Waals surface area contributed by atoms with Gasteiger partial charge in [0.1, 0.15) is 17.5 Å². The lowest BCUT2D eigenvalue weighted by Crippen LogP contribution is -2.28. The Hall–Kier alpha value is -2.79. The van der Waals surface area contributed by atoms with Crippen LogP contribution in [-0.2, 0) is 16.6 Å². The summed E-state index contributed by atoms with van der Waals surface area (Å²) in [6, 6.07) is 11.1. The summed E-state index contributed by atoms with van der Waals surface area (Å²) in [5.74, 6) is 0.109. The first kappa shape index (κ1) is 18.5. The van der Waals surface area contributed by atoms with E-state index in [1.807, 2.05) is 31.2 Å². The first-order valence-electron chi connectivity index (χ1n) is 7.74. The van der Waals surface area contributed by atoms with Crippen LogP contribution in [0.25, 0.3) is 0 Å². The zero-order valence-electron chi connectivity index (χ0n) is 14.0. The van der Waals surface area contributed by atoms with E-state index in [1.165, 1.54) is 22.6 Å². The van der Waals surface area contributed by atoms with Crippen LogP contribution in [0.2, 0.25) is 0 Å². The Morgan fingerprint density at radius 3 is 2.68 bits per heavy atom. The van der Waals surface area contributed by atoms with Crippen LogP contribution in [-0.4, -0.2) is 32.6 Å². The van der Waals surface area contributed by atoms with Crippen LogP contribution in [0.5, 0.6) is 0 Å². The van der Waals surface area contributed by atoms with Crippen molar-refractivity contribution in [2.75, 3.05) is 16.4 Å². The number of aryl methyl sites for hydroxylation is 1. The molecular formula is C17H19N5O2S. The Kier molecular flexibility index (Phi) is 6.60. The van der Waals surface area contributed by atoms with E-state index in [2.05, 4.69) is 15.7 Å². The molecule has 2 N–H and O–H groups in total. The van der Waals surface area contributed by atoms with E-state index in [0.717, 1.165) is 5.69 Å². The van der Waals surface area contributed by atoms with Crippen molar-refractivity contribution in [2.24, 2.45) is 7.05 Å². The molecule has 1 atom stereocenters. The van der Waals surface area contributed by atoms with Gasteiger partial charge in [-0.15, -0.1) is 11.8 Å². The number of carbonyl (C=O) groups excluding carboxylic acids is 2. The molecule has 1 heterocycles. The number of amides is 2. The van der Waals surface area contributed by atoms with E-state index in [0.29, 0.717) is 17.8 Å². The average Bonchev–Trinajstić information content (AvgIpc) is 2.96. The first-order chi connectivity index (χ1) is 12.0. The molecule has 130 valence electrons. The molecule has 0 spiro atoms. The van der Waals surface area contributed by atoms with E-state index in [-0.39, 0.29) is 17.6 Å². The molecule has 1 unspecified atom stereocenters. The SMILES string of the molecule is CCC(SCC(=O)Nc1ccccc1)C(=O)Nc1c(C#N)cnn1C. The van der Waals surface area contributed by atoms with E-state index in [1.54, 1.807) is 19.2 Å². The molecule has 0 aliphatic carbocycles. The summed E-state index contributed by atoms with van der Waals surface area (Å²) in [7, 11) is 1.65. The maximum absolute atomic E-state index is 12.4. The van der Waals surface area contributed by atoms with Crippen LogP contribution in [0.15, 0.2) is 36.5 Å². The summed E-state index contributed by atoms with van der Waals surface area (Å²) in [5.41, 5.74) is 1.02. The molecule has 0 radical (unpaired) electrons. The lowest BCUT2D eigenvalue weighted by atomic mass is 10.3. The lowest BCUT2D eigenvalue weighted by molar-refractivity contribution is -0.115. The number of carbonyl (C=O) groups is 2. The number of rotatable bonds is 7. The normalized spacial score (nSPS) is 11.4. The van der Waals surface area contributed by atoms with Gasteiger partial charge in [0.15, 0.2) is 0 Å². The fourth-order valence-electron chi connectivity index (χ4n) is 2.14. The van der Waals surface area contributed by atoms with Crippen LogP contribution >= 0.6 is 11.8 Å². The van der Waals surface area contributed by atoms with Crippen LogP contribution in [0.4, 0.5) is 11.5 Å². The van der Waals surface area contributed by atoms with Crippen molar-refractivity contribution in [2.45, 2.75) is 18.6 Å². The standard InChI is InChI=1S/C17H19N5O2S/c1-3-14(17(24)21-16-12(9-18)10-19-22(16)2)25-11-15(23)20-13-7-5-4-6-8-13/h4-8,10,14H,3,11H2,1-2H3,(H,20,23)(H,21,24). The fraction of sp³-hybridized carbons (Fsp3) is 0.294. The predicted octanol–water partition coefficient (Wildman–Crippen LogP) is 2.38. The molecule has 0 bridgehead atoms. The topological polar surface area (TPSA) is 99.8 Å². The number of nitrogens with zero attached hydrogens (tertiary/aromatic N) is 3. The van der Waals surface area contributed by atoms with Gasteiger partial charge in [-0.25, -0.2) is 0 Å². The van der Waals surface area contributed by atoms with Crippen LogP contribution in [0.3, 0.4) is 0 Å². The summed E-state index contributed by atoms with van der Waals surface area (Å²) in [6.45, 7) is 1.88. The summed E-state index contributed by atoms with van der Waals surface area (Å²) in [6.07, 6.45) is 1.96. The van der Waals surface area contributed by atoms with E-state index < -0.39 is 5.25 Å². The Bertz CT molecular complexity index is 782. The molecule has 1 aromatic carbocycles. The van der Waals surface area contributed by atoms with Crippen molar-refractivity contribution >= 4 is 35.1 Å². The molecule has 0 saturated heterocycles. The molecule has 2 aromatic rings. The number of benzene rings is 1. The molecule has 0 saturated carbocycles. The maximum Gasteiger partial charge on any atom is 0.238 e. The van der Waals surface area contributed by atoms with Crippen LogP contribution in [0.1, 0.15) is 18.9 Å². The van der Waals surface area contributed by atoms with Gasteiger partial charge in [0.05, 0.1) is 17.2 Å². The number of thioether (sulfide) groups is 1. The molecule has 25 heavy (non-hydrogen) atoms. The minimum absolute atomic E-state index is 0.164. The molecule has 8 heteroatoms. The van der Waals surface area contributed by atoms with Gasteiger partial charge in [0, 0.05) is 12.7 Å². The Morgan fingerprint density at radius 1 is 1.32 bits per heavy atom. The lowest BCUT2D eigenvalue weighted by Gasteiger charge is -2.15. The Balaban J connectivity index is 1.91. The van der Waals surface area contributed by atoms with Gasteiger partial charge in [-0.05, 0) is 18.6 Å². The number of hydrogen-bond acceptors (Lipinski definition) is 5. The van der Waals surface area contributed by atoms with Crippen LogP contribution < -0.4 is 10.6 Å². The smallest absolute Gasteiger partial charge is 0.238 e. The second-order valence-corrected chi connectivity index (χ2v) is 6.44. The van der Waals surface area contributed by atoms with Gasteiger partial charge in [-0.2, -0.15) is 10.4 Å². The molecule has 0 fully saturated rings. The van der Waals surface area contributed by atoms with Gasteiger partial charge >= 0.3 is 0 Å². The minimum atomic E-state index is -0.400. The third-order valence-electron chi connectivity index (χ3n) is 3.44. The summed E-state index contributed by atoms with van der Waals surface area (Å²) < 4.78 is 1.44. The molecule has 0 aliphatic heterocycles. The van der Waals surface area contributed by atoms with Gasteiger partial charge in [0.25, 0.3) is 0 Å². The number of aromatic nitrogens is 2. The Labute approximate surface area is 150 Å². The second-order valence-electron chi connectivity index (χ2n) is 5.25. The zero-order chi connectivity index (χ0) is 18.2. The summed E-state index contributed by atoms with van der Waals surface area (Å²) in [4.78, 5) is 24.4. The fourth-order valence-corrected chi connectivity index (χ4v) is 3.01. The van der Waals surface area contributed by atoms with Gasteiger partial charge in [-0.3, -0.25) is 14.3 Å². The van der Waals surface area contributed by atoms with E-state index >= 15 is 0 Å². The second kappa shape index (κ2) is 8.89. The van der Waals surface area contributed by atoms with Crippen molar-refractivity contribution in [1.29, 1.82) is 5.26 Å². The molecule has 7 nitrogen and oxygen atoms in total. The molecule has 1 aromatic heterocycles. The highest BCUT2D eigenvalue weighted by Crippen LogP contribution is 2.19. The van der Waals surface area contributed by atoms with Crippen molar-refractivity contribution in [1.82, 2.24) is 9.78 Å². The molecular weight excluding hydrogens is 338 g/mol. The van der Waals surface area contributed by atoms with Crippen molar-refractivity contribution in [3.8, 4) is 6.07 Å². The largest absolute Gasteiger partial charge is 0.325 e. The number of nitriles is 1. The van der Waals surface area contributed by atoms with E-state index in [9.17, 15) is 9.59 Å². The summed E-state index contributed by atoms with van der Waals surface area (Å²) >= 11 is 1.26. The quantitative estimate of drug-likeness (QED) is 0.792. The number of para-hydroxylation sites is 1. The number of anilines is 2. The van der Waals surface area contributed by atoms with Crippen molar-refractivity contribution in [3.05, 3.63) is 42.1 Å². The predicted molar refractivity (Wildman–Crippen MR) is 98.2 cm³/mol. The van der Waals surface area contributed by atoms with E-state index in [4.69, 9.17) is 5.26 Å². The van der Waals surface area contributed by atoms with Crippen molar-refractivity contribution < 1.29 is 9.59 Å². The maximum atomic E-state index is 12.4. The molecule has 0 aliphatic rings. The first-order valence-corrected chi connectivity index (χ1v) is 8.79. The third kappa shape index (κ3) is 5.09. The van der Waals surface area contributed by atoms with Crippen molar-refractivity contribution in [3.63, 3.8) is 0 Å². The minimum Gasteiger partial charge on any atom is -0.325 e. The van der Waals surface area contributed by atoms with Gasteiger partial charge in [-0.1, -0.05) is 25.1 Å².